The van der Waals surface area contributed by atoms with Crippen molar-refractivity contribution in [2.45, 2.75) is 6.92 Å². The minimum absolute atomic E-state index is 0.167. The van der Waals surface area contributed by atoms with Crippen molar-refractivity contribution in [3.63, 3.8) is 0 Å². The summed E-state index contributed by atoms with van der Waals surface area (Å²) in [5, 5.41) is 10.9. The van der Waals surface area contributed by atoms with Crippen LogP contribution in [0, 0.1) is 6.92 Å². The Kier molecular flexibility index (Phi) is 5.46. The number of carbonyl (C=O) groups is 2. The first-order valence-electron chi connectivity index (χ1n) is 9.15. The lowest BCUT2D eigenvalue weighted by Crippen LogP contribution is -2.12. The molecule has 8 nitrogen and oxygen atoms in total. The lowest BCUT2D eigenvalue weighted by atomic mass is 10.0. The van der Waals surface area contributed by atoms with E-state index in [-0.39, 0.29) is 22.7 Å². The van der Waals surface area contributed by atoms with Crippen molar-refractivity contribution in [2.75, 3.05) is 0 Å². The Morgan fingerprint density at radius 2 is 1.61 bits per heavy atom. The lowest BCUT2D eigenvalue weighted by Gasteiger charge is -2.06. The predicted octanol–water partition coefficient (Wildman–Crippen LogP) is 3.37. The van der Waals surface area contributed by atoms with Gasteiger partial charge >= 0.3 is 5.97 Å². The zero-order valence-electron chi connectivity index (χ0n) is 16.2. The van der Waals surface area contributed by atoms with Gasteiger partial charge in [-0.05, 0) is 61.5 Å². The van der Waals surface area contributed by atoms with Gasteiger partial charge in [0.25, 0.3) is 5.56 Å². The molecule has 2 aromatic carbocycles. The third-order valence-corrected chi connectivity index (χ3v) is 4.80. The van der Waals surface area contributed by atoms with Crippen molar-refractivity contribution in [1.29, 1.82) is 0 Å². The molecule has 0 radical (unpaired) electrons. The quantitative estimate of drug-likeness (QED) is 0.293. The number of H-pyrrole nitrogens is 1. The number of hydrogen-bond donors (Lipinski definition) is 1. The smallest absolute Gasteiger partial charge is 0.347 e. The van der Waals surface area contributed by atoms with Gasteiger partial charge < -0.3 is 4.74 Å². The van der Waals surface area contributed by atoms with Crippen LogP contribution in [0.5, 0.6) is 5.75 Å². The Hall–Kier alpha value is -4.04. The van der Waals surface area contributed by atoms with Gasteiger partial charge in [0.05, 0.1) is 11.9 Å². The summed E-state index contributed by atoms with van der Waals surface area (Å²) in [5.74, 6) is -0.127. The van der Waals surface area contributed by atoms with E-state index in [1.165, 1.54) is 23.0 Å². The molecule has 4 aromatic rings. The van der Waals surface area contributed by atoms with Crippen molar-refractivity contribution in [2.24, 2.45) is 0 Å². The Morgan fingerprint density at radius 1 is 0.968 bits per heavy atom. The van der Waals surface area contributed by atoms with Crippen LogP contribution < -0.4 is 10.3 Å². The molecule has 0 aliphatic rings. The summed E-state index contributed by atoms with van der Waals surface area (Å²) in [7, 11) is 0. The molecule has 2 aromatic heterocycles. The number of aromatic amines is 1. The number of halogens is 1. The highest BCUT2D eigenvalue weighted by Gasteiger charge is 2.18. The Bertz CT molecular complexity index is 1300. The number of carbonyl (C=O) groups excluding carboxylic acids is 2. The van der Waals surface area contributed by atoms with Crippen LogP contribution in [0.2, 0.25) is 5.02 Å². The van der Waals surface area contributed by atoms with E-state index in [1.54, 1.807) is 55.5 Å². The maximum atomic E-state index is 12.6. The first-order valence-corrected chi connectivity index (χ1v) is 9.53. The summed E-state index contributed by atoms with van der Waals surface area (Å²) in [6.07, 6.45) is 1.36. The van der Waals surface area contributed by atoms with Crippen molar-refractivity contribution in [1.82, 2.24) is 20.0 Å². The van der Waals surface area contributed by atoms with E-state index in [2.05, 4.69) is 15.3 Å². The predicted molar refractivity (Wildman–Crippen MR) is 113 cm³/mol. The van der Waals surface area contributed by atoms with Crippen molar-refractivity contribution in [3.8, 4) is 11.6 Å². The molecule has 0 aliphatic carbocycles. The highest BCUT2D eigenvalue weighted by molar-refractivity contribution is 6.30. The second-order valence-corrected chi connectivity index (χ2v) is 7.02. The monoisotopic (exact) mass is 434 g/mol. The molecule has 0 atom stereocenters. The number of rotatable bonds is 5. The third-order valence-electron chi connectivity index (χ3n) is 4.54. The fraction of sp³-hybridized carbons (Fsp3) is 0.0455. The number of nitrogens with zero attached hydrogens (tertiary/aromatic N) is 3. The highest BCUT2D eigenvalue weighted by Crippen LogP contribution is 2.19. The van der Waals surface area contributed by atoms with Gasteiger partial charge in [-0.25, -0.2) is 14.6 Å². The van der Waals surface area contributed by atoms with Crippen LogP contribution in [0.15, 0.2) is 71.7 Å². The molecule has 0 bridgehead atoms. The fourth-order valence-electron chi connectivity index (χ4n) is 2.90. The zero-order chi connectivity index (χ0) is 22.0. The topological polar surface area (TPSA) is 107 Å². The molecule has 0 saturated carbocycles. The van der Waals surface area contributed by atoms with Gasteiger partial charge in [-0.3, -0.25) is 9.59 Å². The van der Waals surface area contributed by atoms with Crippen LogP contribution in [0.3, 0.4) is 0 Å². The average molecular weight is 435 g/mol. The third kappa shape index (κ3) is 4.29. The van der Waals surface area contributed by atoms with Gasteiger partial charge in [0, 0.05) is 22.2 Å². The van der Waals surface area contributed by atoms with Gasteiger partial charge in [-0.2, -0.15) is 10.2 Å². The largest absolute Gasteiger partial charge is 0.423 e. The molecule has 0 saturated heterocycles. The molecule has 2 heterocycles. The molecule has 0 spiro atoms. The minimum Gasteiger partial charge on any atom is -0.423 e. The molecule has 154 valence electrons. The molecule has 0 amide bonds. The molecule has 0 aliphatic heterocycles. The maximum absolute atomic E-state index is 12.6. The number of ketones is 1. The summed E-state index contributed by atoms with van der Waals surface area (Å²) >= 11 is 5.85. The van der Waals surface area contributed by atoms with E-state index in [0.29, 0.717) is 27.7 Å². The van der Waals surface area contributed by atoms with E-state index >= 15 is 0 Å². The van der Waals surface area contributed by atoms with Crippen LogP contribution >= 0.6 is 11.6 Å². The van der Waals surface area contributed by atoms with Crippen molar-refractivity contribution < 1.29 is 14.3 Å². The Morgan fingerprint density at radius 3 is 2.23 bits per heavy atom. The Labute approximate surface area is 181 Å². The van der Waals surface area contributed by atoms with E-state index in [4.69, 9.17) is 16.3 Å². The van der Waals surface area contributed by atoms with Gasteiger partial charge in [0.15, 0.2) is 11.6 Å². The minimum atomic E-state index is -0.607. The van der Waals surface area contributed by atoms with Crippen LogP contribution in [0.25, 0.3) is 5.82 Å². The van der Waals surface area contributed by atoms with Crippen LogP contribution in [-0.2, 0) is 0 Å². The SMILES string of the molecule is Cc1c(C(=O)Oc2ccc(C(=O)c3ccc(Cl)cc3)cc2)cnn1-c1ccc(=O)[nH]n1. The highest BCUT2D eigenvalue weighted by atomic mass is 35.5. The maximum Gasteiger partial charge on any atom is 0.347 e. The van der Waals surface area contributed by atoms with E-state index in [1.807, 2.05) is 0 Å². The summed E-state index contributed by atoms with van der Waals surface area (Å²) < 4.78 is 6.82. The molecule has 4 rings (SSSR count). The number of benzene rings is 2. The second kappa shape index (κ2) is 8.37. The molecular weight excluding hydrogens is 420 g/mol. The van der Waals surface area contributed by atoms with Crippen LogP contribution in [0.1, 0.15) is 32.0 Å². The van der Waals surface area contributed by atoms with Crippen LogP contribution in [-0.4, -0.2) is 31.7 Å². The zero-order valence-corrected chi connectivity index (χ0v) is 17.0. The first-order chi connectivity index (χ1) is 14.9. The van der Waals surface area contributed by atoms with Crippen molar-refractivity contribution >= 4 is 23.4 Å². The van der Waals surface area contributed by atoms with E-state index in [0.717, 1.165) is 0 Å². The number of esters is 1. The molecular formula is C22H15ClN4O4. The molecule has 0 fully saturated rings. The lowest BCUT2D eigenvalue weighted by molar-refractivity contribution is 0.0734. The second-order valence-electron chi connectivity index (χ2n) is 6.58. The number of ether oxygens (including phenoxy) is 1. The number of hydrogen-bond acceptors (Lipinski definition) is 6. The van der Waals surface area contributed by atoms with Gasteiger partial charge in [0.1, 0.15) is 11.3 Å². The average Bonchev–Trinajstić information content (AvgIpc) is 3.16. The van der Waals surface area contributed by atoms with Crippen LogP contribution in [0.4, 0.5) is 0 Å². The van der Waals surface area contributed by atoms with Gasteiger partial charge in [0.2, 0.25) is 0 Å². The summed E-state index contributed by atoms with van der Waals surface area (Å²) in [6.45, 7) is 1.68. The first kappa shape index (κ1) is 20.2. The van der Waals surface area contributed by atoms with E-state index < -0.39 is 5.97 Å². The van der Waals surface area contributed by atoms with Gasteiger partial charge in [-0.1, -0.05) is 11.6 Å². The molecule has 9 heteroatoms. The standard InChI is InChI=1S/C22H15ClN4O4/c1-13-18(12-24-27(13)19-10-11-20(28)26-25-19)22(30)31-17-8-4-15(5-9-17)21(29)14-2-6-16(23)7-3-14/h2-12H,1H3,(H,26,28). The van der Waals surface area contributed by atoms with Crippen molar-refractivity contribution in [3.05, 3.63) is 105 Å². The Balaban J connectivity index is 1.49. The fourth-order valence-corrected chi connectivity index (χ4v) is 3.03. The molecule has 1 N–H and O–H groups in total. The number of aromatic nitrogens is 4. The van der Waals surface area contributed by atoms with E-state index in [9.17, 15) is 14.4 Å². The number of nitrogens with one attached hydrogen (secondary N) is 1. The normalized spacial score (nSPS) is 10.6. The molecule has 31 heavy (non-hydrogen) atoms. The summed E-state index contributed by atoms with van der Waals surface area (Å²) in [5.41, 5.74) is 1.36. The van der Waals surface area contributed by atoms with Gasteiger partial charge in [-0.15, -0.1) is 0 Å². The summed E-state index contributed by atoms with van der Waals surface area (Å²) in [6, 6.07) is 15.7. The summed E-state index contributed by atoms with van der Waals surface area (Å²) in [4.78, 5) is 36.3. The molecule has 0 unspecified atom stereocenters.